The number of aryl methyl sites for hydroxylation is 1. The number of aromatic nitrogens is 3. The zero-order chi connectivity index (χ0) is 16.0. The fourth-order valence-electron chi connectivity index (χ4n) is 2.22. The topological polar surface area (TPSA) is 140 Å². The van der Waals surface area contributed by atoms with E-state index in [0.29, 0.717) is 11.2 Å². The van der Waals surface area contributed by atoms with Gasteiger partial charge in [0.25, 0.3) is 11.2 Å². The minimum atomic E-state index is -1.55. The molecule has 0 bridgehead atoms. The molecule has 0 aliphatic heterocycles. The first-order valence-electron chi connectivity index (χ1n) is 5.98. The summed E-state index contributed by atoms with van der Waals surface area (Å²) in [5.74, 6) is -0.219. The highest BCUT2D eigenvalue weighted by Crippen LogP contribution is 2.24. The van der Waals surface area contributed by atoms with Gasteiger partial charge in [0.05, 0.1) is 21.7 Å². The maximum absolute atomic E-state index is 12.0. The second-order valence-electron chi connectivity index (χ2n) is 4.44. The average Bonchev–Trinajstić information content (AvgIpc) is 2.76. The summed E-state index contributed by atoms with van der Waals surface area (Å²) >= 11 is 0. The van der Waals surface area contributed by atoms with E-state index in [-0.39, 0.29) is 22.7 Å². The van der Waals surface area contributed by atoms with Gasteiger partial charge in [-0.1, -0.05) is 0 Å². The Bertz CT molecular complexity index is 1000. The lowest BCUT2D eigenvalue weighted by Crippen LogP contribution is -2.11. The number of nitro groups is 1. The van der Waals surface area contributed by atoms with Crippen LogP contribution < -0.4 is 10.3 Å². The molecular weight excluding hydrogens is 296 g/mol. The molecule has 0 aliphatic carbocycles. The van der Waals surface area contributed by atoms with Gasteiger partial charge in [-0.15, -0.1) is 0 Å². The van der Waals surface area contributed by atoms with Crippen LogP contribution in [-0.4, -0.2) is 30.6 Å². The van der Waals surface area contributed by atoms with Crippen LogP contribution in [0, 0.1) is 17.0 Å². The number of hydrogen-bond acceptors (Lipinski definition) is 6. The number of carboxylic acid groups (broad SMARTS) is 1. The van der Waals surface area contributed by atoms with Crippen LogP contribution in [-0.2, 0) is 0 Å². The molecule has 22 heavy (non-hydrogen) atoms. The van der Waals surface area contributed by atoms with E-state index in [2.05, 4.69) is 14.7 Å². The largest absolute Gasteiger partial charge is 0.512 e. The summed E-state index contributed by atoms with van der Waals surface area (Å²) in [6, 6.07) is 3.93. The molecule has 1 aromatic carbocycles. The Morgan fingerprint density at radius 2 is 2.23 bits per heavy atom. The summed E-state index contributed by atoms with van der Waals surface area (Å²) in [5, 5.41) is 19.5. The molecule has 0 atom stereocenters. The molecule has 0 unspecified atom stereocenters. The molecule has 2 N–H and O–H groups in total. The van der Waals surface area contributed by atoms with Crippen molar-refractivity contribution in [2.24, 2.45) is 0 Å². The fourth-order valence-corrected chi connectivity index (χ4v) is 2.22. The Kier molecular flexibility index (Phi) is 2.80. The van der Waals surface area contributed by atoms with Crippen LogP contribution in [0.2, 0.25) is 0 Å². The number of carbonyl (C=O) groups is 1. The third kappa shape index (κ3) is 1.93. The number of nitrogens with zero attached hydrogens (tertiary/aromatic N) is 3. The number of imidazole rings is 1. The van der Waals surface area contributed by atoms with Gasteiger partial charge in [-0.3, -0.25) is 19.3 Å². The molecule has 2 aromatic heterocycles. The van der Waals surface area contributed by atoms with E-state index in [1.165, 1.54) is 29.5 Å². The number of fused-ring (bicyclic) bond motifs is 3. The summed E-state index contributed by atoms with van der Waals surface area (Å²) in [6.45, 7) is 1.53. The molecular formula is C12H8N4O6. The summed E-state index contributed by atoms with van der Waals surface area (Å²) < 4.78 is 5.90. The molecule has 0 amide bonds. The third-order valence-corrected chi connectivity index (χ3v) is 3.13. The summed E-state index contributed by atoms with van der Waals surface area (Å²) in [5.41, 5.74) is 0.107. The van der Waals surface area contributed by atoms with Crippen LogP contribution in [0.1, 0.15) is 5.69 Å². The molecule has 10 heteroatoms. The molecule has 112 valence electrons. The highest BCUT2D eigenvalue weighted by atomic mass is 16.7. The van der Waals surface area contributed by atoms with Crippen molar-refractivity contribution >= 4 is 28.5 Å². The monoisotopic (exact) mass is 304 g/mol. The Labute approximate surface area is 120 Å². The number of hydrogen-bond donors (Lipinski definition) is 2. The minimum Gasteiger partial charge on any atom is -0.449 e. The van der Waals surface area contributed by atoms with E-state index >= 15 is 0 Å². The van der Waals surface area contributed by atoms with Gasteiger partial charge in [0.1, 0.15) is 0 Å². The highest BCUT2D eigenvalue weighted by Gasteiger charge is 2.18. The average molecular weight is 304 g/mol. The van der Waals surface area contributed by atoms with E-state index < -0.39 is 16.6 Å². The Balaban J connectivity index is 2.40. The number of non-ortho nitro benzene ring substituents is 1. The number of nitro benzene ring substituents is 1. The number of ether oxygens (including phenoxy) is 1. The Morgan fingerprint density at radius 1 is 1.50 bits per heavy atom. The quantitative estimate of drug-likeness (QED) is 0.414. The highest BCUT2D eigenvalue weighted by molar-refractivity contribution is 5.80. The number of H-pyrrole nitrogens is 1. The number of aromatic amines is 1. The lowest BCUT2D eigenvalue weighted by atomic mass is 10.2. The van der Waals surface area contributed by atoms with Crippen LogP contribution in [0.5, 0.6) is 5.88 Å². The first kappa shape index (κ1) is 13.5. The summed E-state index contributed by atoms with van der Waals surface area (Å²) in [6.07, 6.45) is -1.55. The van der Waals surface area contributed by atoms with E-state index in [4.69, 9.17) is 5.11 Å². The molecule has 0 aliphatic rings. The number of benzene rings is 1. The Morgan fingerprint density at radius 3 is 2.86 bits per heavy atom. The molecule has 0 fully saturated rings. The molecule has 3 aromatic rings. The van der Waals surface area contributed by atoms with Gasteiger partial charge in [0, 0.05) is 12.1 Å². The normalized spacial score (nSPS) is 11.0. The van der Waals surface area contributed by atoms with Gasteiger partial charge in [0.2, 0.25) is 11.5 Å². The van der Waals surface area contributed by atoms with E-state index in [1.807, 2.05) is 0 Å². The van der Waals surface area contributed by atoms with Gasteiger partial charge >= 0.3 is 6.16 Å². The first-order valence-corrected chi connectivity index (χ1v) is 5.98. The number of nitrogens with one attached hydrogen (secondary N) is 1. The van der Waals surface area contributed by atoms with Crippen molar-refractivity contribution in [1.29, 1.82) is 0 Å². The van der Waals surface area contributed by atoms with E-state index in [0.717, 1.165) is 0 Å². The van der Waals surface area contributed by atoms with E-state index in [1.54, 1.807) is 0 Å². The van der Waals surface area contributed by atoms with Crippen molar-refractivity contribution in [2.45, 2.75) is 6.92 Å². The van der Waals surface area contributed by atoms with Gasteiger partial charge in [0.15, 0.2) is 0 Å². The van der Waals surface area contributed by atoms with Crippen molar-refractivity contribution in [3.63, 3.8) is 0 Å². The summed E-state index contributed by atoms with van der Waals surface area (Å²) in [7, 11) is 0. The second-order valence-corrected chi connectivity index (χ2v) is 4.44. The Hall–Kier alpha value is -3.43. The summed E-state index contributed by atoms with van der Waals surface area (Å²) in [4.78, 5) is 39.2. The van der Waals surface area contributed by atoms with Crippen LogP contribution >= 0.6 is 0 Å². The smallest absolute Gasteiger partial charge is 0.449 e. The third-order valence-electron chi connectivity index (χ3n) is 3.13. The lowest BCUT2D eigenvalue weighted by Gasteiger charge is -2.03. The molecule has 10 nitrogen and oxygen atoms in total. The SMILES string of the molecule is Cc1c(OC(=O)O)nc2c(=O)[nH]c3cc([N+](=O)[O-])ccc3n12. The first-order chi connectivity index (χ1) is 10.4. The van der Waals surface area contributed by atoms with Crippen molar-refractivity contribution in [1.82, 2.24) is 14.4 Å². The maximum Gasteiger partial charge on any atom is 0.512 e. The van der Waals surface area contributed by atoms with Crippen molar-refractivity contribution < 1.29 is 19.6 Å². The predicted molar refractivity (Wildman–Crippen MR) is 73.4 cm³/mol. The molecule has 0 saturated carbocycles. The van der Waals surface area contributed by atoms with Crippen LogP contribution in [0.4, 0.5) is 10.5 Å². The zero-order valence-electron chi connectivity index (χ0n) is 11.1. The van der Waals surface area contributed by atoms with Crippen LogP contribution in [0.15, 0.2) is 23.0 Å². The molecule has 2 heterocycles. The van der Waals surface area contributed by atoms with Gasteiger partial charge < -0.3 is 14.8 Å². The predicted octanol–water partition coefficient (Wildman–Crippen LogP) is 1.45. The van der Waals surface area contributed by atoms with Crippen molar-refractivity contribution in [3.8, 4) is 5.88 Å². The minimum absolute atomic E-state index is 0.0601. The molecule has 0 radical (unpaired) electrons. The maximum atomic E-state index is 12.0. The fraction of sp³-hybridized carbons (Fsp3) is 0.0833. The van der Waals surface area contributed by atoms with Crippen LogP contribution in [0.3, 0.4) is 0 Å². The van der Waals surface area contributed by atoms with Gasteiger partial charge in [-0.2, -0.15) is 4.98 Å². The molecule has 0 saturated heterocycles. The molecule has 3 rings (SSSR count). The standard InChI is InChI=1S/C12H8N4O6/c1-5-11(22-12(18)19)14-9-10(17)13-7-4-6(16(20)21)2-3-8(7)15(5)9/h2-4H,1H3,(H,13,17)(H,18,19). The molecule has 0 spiro atoms. The van der Waals surface area contributed by atoms with Crippen molar-refractivity contribution in [3.05, 3.63) is 44.4 Å². The lowest BCUT2D eigenvalue weighted by molar-refractivity contribution is -0.384. The van der Waals surface area contributed by atoms with Crippen molar-refractivity contribution in [2.75, 3.05) is 0 Å². The number of rotatable bonds is 2. The second kappa shape index (κ2) is 4.55. The zero-order valence-corrected chi connectivity index (χ0v) is 11.1. The van der Waals surface area contributed by atoms with Gasteiger partial charge in [-0.05, 0) is 13.0 Å². The van der Waals surface area contributed by atoms with E-state index in [9.17, 15) is 19.7 Å². The van der Waals surface area contributed by atoms with Crippen LogP contribution in [0.25, 0.3) is 16.7 Å². The van der Waals surface area contributed by atoms with Gasteiger partial charge in [-0.25, -0.2) is 4.79 Å².